The number of nitrogens with one attached hydrogen (secondary N) is 1. The van der Waals surface area contributed by atoms with E-state index in [2.05, 4.69) is 44.8 Å². The van der Waals surface area contributed by atoms with Crippen molar-refractivity contribution < 1.29 is 4.79 Å². The van der Waals surface area contributed by atoms with Crippen LogP contribution < -0.4 is 5.32 Å². The molecule has 1 aliphatic heterocycles. The highest BCUT2D eigenvalue weighted by molar-refractivity contribution is 5.85. The molecule has 0 spiro atoms. The lowest BCUT2D eigenvalue weighted by atomic mass is 10.0. The van der Waals surface area contributed by atoms with E-state index in [4.69, 9.17) is 0 Å². The maximum absolute atomic E-state index is 12.8. The first kappa shape index (κ1) is 15.8. The van der Waals surface area contributed by atoms with Crippen LogP contribution >= 0.6 is 0 Å². The molecule has 2 rings (SSSR count). The highest BCUT2D eigenvalue weighted by Crippen LogP contribution is 2.37. The van der Waals surface area contributed by atoms with Gasteiger partial charge in [-0.2, -0.15) is 0 Å². The van der Waals surface area contributed by atoms with Crippen molar-refractivity contribution in [2.24, 2.45) is 17.8 Å². The third-order valence-corrected chi connectivity index (χ3v) is 4.76. The van der Waals surface area contributed by atoms with Crippen molar-refractivity contribution in [2.75, 3.05) is 0 Å². The van der Waals surface area contributed by atoms with E-state index in [0.29, 0.717) is 23.8 Å². The van der Waals surface area contributed by atoms with E-state index in [9.17, 15) is 4.79 Å². The highest BCUT2D eigenvalue weighted by Gasteiger charge is 2.44. The standard InChI is InChI=1S/C17H32N2O/c1-6-14(10-13-7-8-13)19-15(9-11(2)3)18-16(12(4)5)17(19)20/h11-16,18H,6-10H2,1-5H3. The van der Waals surface area contributed by atoms with Crippen molar-refractivity contribution in [1.82, 2.24) is 10.2 Å². The second-order valence-corrected chi connectivity index (χ2v) is 7.52. The molecule has 116 valence electrons. The molecule has 0 aromatic carbocycles. The van der Waals surface area contributed by atoms with Gasteiger partial charge in [0.2, 0.25) is 5.91 Å². The van der Waals surface area contributed by atoms with Crippen LogP contribution in [0.2, 0.25) is 0 Å². The van der Waals surface area contributed by atoms with Gasteiger partial charge in [0.25, 0.3) is 0 Å². The number of carbonyl (C=O) groups excluding carboxylic acids is 1. The molecule has 0 radical (unpaired) electrons. The lowest BCUT2D eigenvalue weighted by Crippen LogP contribution is -2.45. The van der Waals surface area contributed by atoms with Gasteiger partial charge in [-0.25, -0.2) is 0 Å². The largest absolute Gasteiger partial charge is 0.323 e. The summed E-state index contributed by atoms with van der Waals surface area (Å²) in [7, 11) is 0. The molecule has 3 heteroatoms. The molecule has 3 nitrogen and oxygen atoms in total. The van der Waals surface area contributed by atoms with Gasteiger partial charge in [0.15, 0.2) is 0 Å². The lowest BCUT2D eigenvalue weighted by Gasteiger charge is -2.33. The minimum atomic E-state index is 0.0204. The van der Waals surface area contributed by atoms with Gasteiger partial charge >= 0.3 is 0 Å². The van der Waals surface area contributed by atoms with Gasteiger partial charge in [0.05, 0.1) is 12.2 Å². The third kappa shape index (κ3) is 3.55. The smallest absolute Gasteiger partial charge is 0.241 e. The molecule has 3 atom stereocenters. The van der Waals surface area contributed by atoms with Gasteiger partial charge < -0.3 is 4.90 Å². The Kier molecular flexibility index (Phi) is 5.11. The van der Waals surface area contributed by atoms with Crippen LogP contribution in [0.5, 0.6) is 0 Å². The zero-order valence-corrected chi connectivity index (χ0v) is 13.9. The Labute approximate surface area is 124 Å². The molecule has 3 unspecified atom stereocenters. The Morgan fingerprint density at radius 2 is 1.85 bits per heavy atom. The fourth-order valence-corrected chi connectivity index (χ4v) is 3.43. The third-order valence-electron chi connectivity index (χ3n) is 4.76. The molecule has 20 heavy (non-hydrogen) atoms. The maximum Gasteiger partial charge on any atom is 0.241 e. The number of hydrogen-bond donors (Lipinski definition) is 1. The van der Waals surface area contributed by atoms with Gasteiger partial charge in [-0.3, -0.25) is 10.1 Å². The van der Waals surface area contributed by atoms with Crippen LogP contribution in [0.25, 0.3) is 0 Å². The monoisotopic (exact) mass is 280 g/mol. The number of nitrogens with zero attached hydrogens (tertiary/aromatic N) is 1. The summed E-state index contributed by atoms with van der Waals surface area (Å²) >= 11 is 0. The Morgan fingerprint density at radius 1 is 1.20 bits per heavy atom. The van der Waals surface area contributed by atoms with Crippen LogP contribution in [0.3, 0.4) is 0 Å². The summed E-state index contributed by atoms with van der Waals surface area (Å²) in [4.78, 5) is 15.0. The van der Waals surface area contributed by atoms with Gasteiger partial charge in [-0.15, -0.1) is 0 Å². The first-order valence-electron chi connectivity index (χ1n) is 8.52. The molecule has 1 saturated carbocycles. The summed E-state index contributed by atoms with van der Waals surface area (Å²) in [5, 5.41) is 3.61. The quantitative estimate of drug-likeness (QED) is 0.775. The van der Waals surface area contributed by atoms with Crippen LogP contribution in [-0.4, -0.2) is 29.1 Å². The van der Waals surface area contributed by atoms with Crippen LogP contribution in [0.4, 0.5) is 0 Å². The Hall–Kier alpha value is -0.570. The molecule has 1 aliphatic carbocycles. The van der Waals surface area contributed by atoms with E-state index in [0.717, 1.165) is 18.8 Å². The molecule has 1 heterocycles. The minimum Gasteiger partial charge on any atom is -0.323 e. The predicted molar refractivity (Wildman–Crippen MR) is 83.3 cm³/mol. The molecular weight excluding hydrogens is 248 g/mol. The van der Waals surface area contributed by atoms with E-state index < -0.39 is 0 Å². The second kappa shape index (κ2) is 6.46. The molecule has 1 amide bonds. The minimum absolute atomic E-state index is 0.0204. The molecule has 2 fully saturated rings. The summed E-state index contributed by atoms with van der Waals surface area (Å²) in [5.74, 6) is 2.22. The van der Waals surface area contributed by atoms with Gasteiger partial charge in [-0.1, -0.05) is 47.5 Å². The highest BCUT2D eigenvalue weighted by atomic mass is 16.2. The zero-order valence-electron chi connectivity index (χ0n) is 13.9. The van der Waals surface area contributed by atoms with E-state index in [1.807, 2.05) is 0 Å². The van der Waals surface area contributed by atoms with E-state index in [1.54, 1.807) is 0 Å². The maximum atomic E-state index is 12.8. The average Bonchev–Trinajstić information content (AvgIpc) is 3.11. The van der Waals surface area contributed by atoms with Crippen LogP contribution in [0, 0.1) is 17.8 Å². The molecule has 0 aromatic heterocycles. The molecule has 2 aliphatic rings. The van der Waals surface area contributed by atoms with E-state index in [-0.39, 0.29) is 12.2 Å². The van der Waals surface area contributed by atoms with Crippen molar-refractivity contribution in [2.45, 2.75) is 85.0 Å². The molecule has 1 saturated heterocycles. The summed E-state index contributed by atoms with van der Waals surface area (Å²) in [5.41, 5.74) is 0. The Bertz CT molecular complexity index is 336. The van der Waals surface area contributed by atoms with Crippen molar-refractivity contribution >= 4 is 5.91 Å². The summed E-state index contributed by atoms with van der Waals surface area (Å²) in [6, 6.07) is 0.460. The predicted octanol–water partition coefficient (Wildman–Crippen LogP) is 3.39. The van der Waals surface area contributed by atoms with Crippen molar-refractivity contribution in [3.63, 3.8) is 0 Å². The summed E-state index contributed by atoms with van der Waals surface area (Å²) in [6.45, 7) is 11.0. The first-order chi connectivity index (χ1) is 9.43. The van der Waals surface area contributed by atoms with Gasteiger partial charge in [-0.05, 0) is 37.0 Å². The van der Waals surface area contributed by atoms with Crippen molar-refractivity contribution in [1.29, 1.82) is 0 Å². The fourth-order valence-electron chi connectivity index (χ4n) is 3.43. The van der Waals surface area contributed by atoms with Gasteiger partial charge in [0.1, 0.15) is 0 Å². The molecule has 0 aromatic rings. The first-order valence-corrected chi connectivity index (χ1v) is 8.52. The Morgan fingerprint density at radius 3 is 2.30 bits per heavy atom. The molecular formula is C17H32N2O. The van der Waals surface area contributed by atoms with E-state index >= 15 is 0 Å². The molecule has 0 bridgehead atoms. The molecule has 1 N–H and O–H groups in total. The second-order valence-electron chi connectivity index (χ2n) is 7.52. The topological polar surface area (TPSA) is 32.3 Å². The van der Waals surface area contributed by atoms with Crippen LogP contribution in [-0.2, 0) is 4.79 Å². The van der Waals surface area contributed by atoms with Crippen LogP contribution in [0.1, 0.15) is 66.7 Å². The SMILES string of the molecule is CCC(CC1CC1)N1C(=O)C(C(C)C)NC1CC(C)C. The number of rotatable bonds is 7. The lowest BCUT2D eigenvalue weighted by molar-refractivity contribution is -0.133. The van der Waals surface area contributed by atoms with Crippen molar-refractivity contribution in [3.05, 3.63) is 0 Å². The van der Waals surface area contributed by atoms with Gasteiger partial charge in [0, 0.05) is 6.04 Å². The zero-order chi connectivity index (χ0) is 14.9. The normalized spacial score (nSPS) is 28.8. The summed E-state index contributed by atoms with van der Waals surface area (Å²) in [6.07, 6.45) is 6.35. The fraction of sp³-hybridized carbons (Fsp3) is 0.941. The number of amides is 1. The summed E-state index contributed by atoms with van der Waals surface area (Å²) < 4.78 is 0. The average molecular weight is 280 g/mol. The number of carbonyl (C=O) groups is 1. The number of hydrogen-bond acceptors (Lipinski definition) is 2. The van der Waals surface area contributed by atoms with Crippen molar-refractivity contribution in [3.8, 4) is 0 Å². The van der Waals surface area contributed by atoms with E-state index in [1.165, 1.54) is 19.3 Å². The van der Waals surface area contributed by atoms with Crippen LogP contribution in [0.15, 0.2) is 0 Å². The Balaban J connectivity index is 2.12.